The van der Waals surface area contributed by atoms with E-state index in [1.807, 2.05) is 5.43 Å². The minimum atomic E-state index is -1.08. The quantitative estimate of drug-likeness (QED) is 0.182. The van der Waals surface area contributed by atoms with Gasteiger partial charge in [0.15, 0.2) is 5.11 Å². The van der Waals surface area contributed by atoms with Crippen molar-refractivity contribution in [2.45, 2.75) is 0 Å². The fourth-order valence-corrected chi connectivity index (χ4v) is 0.519. The summed E-state index contributed by atoms with van der Waals surface area (Å²) in [5, 5.41) is 2.84. The van der Waals surface area contributed by atoms with Crippen molar-refractivity contribution in [2.75, 3.05) is 6.54 Å². The molecule has 7 heteroatoms. The number of primary amides is 1. The summed E-state index contributed by atoms with van der Waals surface area (Å²) in [7, 11) is 0. The Bertz CT molecular complexity index is 241. The van der Waals surface area contributed by atoms with E-state index in [1.165, 1.54) is 0 Å². The lowest BCUT2D eigenvalue weighted by atomic mass is 10.6. The topological polar surface area (TPSA) is 96.2 Å². The first kappa shape index (κ1) is 11.4. The highest BCUT2D eigenvalue weighted by molar-refractivity contribution is 7.80. The molecule has 0 aliphatic rings. The molecule has 0 bridgehead atoms. The predicted octanol–water partition coefficient (Wildman–Crippen LogP) is -1.85. The maximum absolute atomic E-state index is 10.6. The van der Waals surface area contributed by atoms with Gasteiger partial charge in [0, 0.05) is 6.54 Å². The van der Waals surface area contributed by atoms with Crippen LogP contribution in [0.1, 0.15) is 0 Å². The fraction of sp³-hybridized carbons (Fsp3) is 0.167. The van der Waals surface area contributed by atoms with E-state index in [-0.39, 0.29) is 5.11 Å². The number of rotatable bonds is 2. The van der Waals surface area contributed by atoms with Crippen molar-refractivity contribution in [3.05, 3.63) is 12.7 Å². The number of hydrogen-bond donors (Lipinski definition) is 4. The van der Waals surface area contributed by atoms with Gasteiger partial charge in [0.05, 0.1) is 0 Å². The average Bonchev–Trinajstić information content (AvgIpc) is 2.10. The maximum Gasteiger partial charge on any atom is 0.327 e. The van der Waals surface area contributed by atoms with Crippen LogP contribution in [0, 0.1) is 0 Å². The molecule has 0 aliphatic carbocycles. The summed E-state index contributed by atoms with van der Waals surface area (Å²) >= 11 is 4.69. The Morgan fingerprint density at radius 3 is 2.54 bits per heavy atom. The summed E-state index contributed by atoms with van der Waals surface area (Å²) in [5.41, 5.74) is 8.91. The first-order valence-corrected chi connectivity index (χ1v) is 3.73. The molecule has 0 atom stereocenters. The van der Waals surface area contributed by atoms with Crippen LogP contribution >= 0.6 is 12.2 Å². The van der Waals surface area contributed by atoms with Gasteiger partial charge in [0.1, 0.15) is 0 Å². The molecule has 0 radical (unpaired) electrons. The monoisotopic (exact) mass is 202 g/mol. The second kappa shape index (κ2) is 5.95. The van der Waals surface area contributed by atoms with Gasteiger partial charge < -0.3 is 11.1 Å². The summed E-state index contributed by atoms with van der Waals surface area (Å²) in [4.78, 5) is 20.8. The SMILES string of the molecule is C=CCNC(=S)NNC(=O)C(N)=O. The van der Waals surface area contributed by atoms with Crippen LogP contribution in [0.15, 0.2) is 12.7 Å². The Morgan fingerprint density at radius 2 is 2.08 bits per heavy atom. The van der Waals surface area contributed by atoms with E-state index in [0.29, 0.717) is 6.54 Å². The third-order valence-electron chi connectivity index (χ3n) is 0.920. The lowest BCUT2D eigenvalue weighted by Gasteiger charge is -2.08. The Balaban J connectivity index is 3.63. The zero-order chi connectivity index (χ0) is 10.3. The van der Waals surface area contributed by atoms with Crippen LogP contribution in [0.3, 0.4) is 0 Å². The highest BCUT2D eigenvalue weighted by atomic mass is 32.1. The van der Waals surface area contributed by atoms with Crippen LogP contribution < -0.4 is 21.9 Å². The molecule has 0 heterocycles. The zero-order valence-corrected chi connectivity index (χ0v) is 7.61. The standard InChI is InChI=1S/C6H10N4O2S/c1-2-3-8-6(13)10-9-5(12)4(7)11/h2H,1,3H2,(H2,7,11)(H,9,12)(H2,8,10,13). The summed E-state index contributed by atoms with van der Waals surface area (Å²) in [6.07, 6.45) is 1.59. The smallest absolute Gasteiger partial charge is 0.327 e. The minimum absolute atomic E-state index is 0.175. The highest BCUT2D eigenvalue weighted by Gasteiger charge is 2.06. The summed E-state index contributed by atoms with van der Waals surface area (Å²) < 4.78 is 0. The van der Waals surface area contributed by atoms with Crippen LogP contribution in [-0.4, -0.2) is 23.5 Å². The highest BCUT2D eigenvalue weighted by Crippen LogP contribution is 1.65. The van der Waals surface area contributed by atoms with Crippen LogP contribution in [0.2, 0.25) is 0 Å². The van der Waals surface area contributed by atoms with Gasteiger partial charge in [0.25, 0.3) is 0 Å². The number of nitrogens with one attached hydrogen (secondary N) is 3. The Hall–Kier alpha value is -1.63. The van der Waals surface area contributed by atoms with E-state index < -0.39 is 11.8 Å². The molecule has 2 amide bonds. The molecule has 0 aromatic rings. The lowest BCUT2D eigenvalue weighted by Crippen LogP contribution is -2.50. The molecule has 0 aromatic heterocycles. The Labute approximate surface area is 80.5 Å². The Kier molecular flexibility index (Phi) is 5.20. The molecule has 0 rings (SSSR count). The van der Waals surface area contributed by atoms with Crippen molar-refractivity contribution >= 4 is 29.1 Å². The largest absolute Gasteiger partial charge is 0.361 e. The molecule has 0 spiro atoms. The predicted molar refractivity (Wildman–Crippen MR) is 51.3 cm³/mol. The first-order chi connectivity index (χ1) is 6.07. The minimum Gasteiger partial charge on any atom is -0.361 e. The van der Waals surface area contributed by atoms with E-state index >= 15 is 0 Å². The lowest BCUT2D eigenvalue weighted by molar-refractivity contribution is -0.137. The maximum atomic E-state index is 10.6. The molecule has 5 N–H and O–H groups in total. The van der Waals surface area contributed by atoms with E-state index in [2.05, 4.69) is 35.3 Å². The molecule has 0 fully saturated rings. The van der Waals surface area contributed by atoms with E-state index in [4.69, 9.17) is 0 Å². The van der Waals surface area contributed by atoms with Gasteiger partial charge >= 0.3 is 11.8 Å². The number of thiocarbonyl (C=S) groups is 1. The number of nitrogens with two attached hydrogens (primary N) is 1. The van der Waals surface area contributed by atoms with Crippen LogP contribution in [0.25, 0.3) is 0 Å². The molecule has 6 nitrogen and oxygen atoms in total. The van der Waals surface area contributed by atoms with Crippen molar-refractivity contribution in [1.82, 2.24) is 16.2 Å². The first-order valence-electron chi connectivity index (χ1n) is 3.32. The number of hydrogen-bond acceptors (Lipinski definition) is 3. The van der Waals surface area contributed by atoms with E-state index in [9.17, 15) is 9.59 Å². The van der Waals surface area contributed by atoms with Crippen molar-refractivity contribution in [1.29, 1.82) is 0 Å². The number of carbonyl (C=O) groups is 2. The van der Waals surface area contributed by atoms with Gasteiger partial charge in [-0.15, -0.1) is 6.58 Å². The van der Waals surface area contributed by atoms with Gasteiger partial charge in [-0.1, -0.05) is 6.08 Å². The third kappa shape index (κ3) is 5.62. The van der Waals surface area contributed by atoms with E-state index in [0.717, 1.165) is 0 Å². The summed E-state index contributed by atoms with van der Waals surface area (Å²) in [6, 6.07) is 0. The van der Waals surface area contributed by atoms with Crippen LogP contribution in [0.5, 0.6) is 0 Å². The Morgan fingerprint density at radius 1 is 1.46 bits per heavy atom. The molecule has 0 unspecified atom stereocenters. The normalized spacial score (nSPS) is 8.31. The van der Waals surface area contributed by atoms with Gasteiger partial charge in [-0.2, -0.15) is 0 Å². The second-order valence-corrected chi connectivity index (χ2v) is 2.35. The molecular formula is C6H10N4O2S. The average molecular weight is 202 g/mol. The van der Waals surface area contributed by atoms with Crippen molar-refractivity contribution < 1.29 is 9.59 Å². The molecule has 0 aliphatic heterocycles. The van der Waals surface area contributed by atoms with Crippen LogP contribution in [-0.2, 0) is 9.59 Å². The molecular weight excluding hydrogens is 192 g/mol. The summed E-state index contributed by atoms with van der Waals surface area (Å²) in [6.45, 7) is 3.90. The van der Waals surface area contributed by atoms with E-state index in [1.54, 1.807) is 6.08 Å². The van der Waals surface area contributed by atoms with Crippen molar-refractivity contribution in [2.24, 2.45) is 5.73 Å². The number of carbonyl (C=O) groups excluding carboxylic acids is 2. The molecule has 72 valence electrons. The zero-order valence-electron chi connectivity index (χ0n) is 6.79. The van der Waals surface area contributed by atoms with Crippen molar-refractivity contribution in [3.63, 3.8) is 0 Å². The van der Waals surface area contributed by atoms with Gasteiger partial charge in [-0.05, 0) is 12.2 Å². The molecule has 0 aromatic carbocycles. The molecule has 13 heavy (non-hydrogen) atoms. The van der Waals surface area contributed by atoms with Crippen molar-refractivity contribution in [3.8, 4) is 0 Å². The molecule has 0 saturated carbocycles. The molecule has 0 saturated heterocycles. The third-order valence-corrected chi connectivity index (χ3v) is 1.17. The van der Waals surface area contributed by atoms with Gasteiger partial charge in [-0.25, -0.2) is 0 Å². The summed E-state index contributed by atoms with van der Waals surface area (Å²) in [5.74, 6) is -2.04. The van der Waals surface area contributed by atoms with Gasteiger partial charge in [0.2, 0.25) is 0 Å². The number of amides is 2. The number of hydrazine groups is 1. The second-order valence-electron chi connectivity index (χ2n) is 1.94. The fourth-order valence-electron chi connectivity index (χ4n) is 0.384. The van der Waals surface area contributed by atoms with Gasteiger partial charge in [-0.3, -0.25) is 20.4 Å². The van der Waals surface area contributed by atoms with Crippen LogP contribution in [0.4, 0.5) is 0 Å².